The van der Waals surface area contributed by atoms with Gasteiger partial charge >= 0.3 is 11.9 Å². The topological polar surface area (TPSA) is 63.6 Å². The largest absolute Gasteiger partial charge is 0.480 e. The molecule has 1 aromatic carbocycles. The Bertz CT molecular complexity index is 694. The first-order valence-corrected chi connectivity index (χ1v) is 9.73. The predicted octanol–water partition coefficient (Wildman–Crippen LogP) is 5.05. The Morgan fingerprint density at radius 1 is 1.15 bits per heavy atom. The minimum atomic E-state index is -1.14. The van der Waals surface area contributed by atoms with Crippen molar-refractivity contribution in [1.29, 1.82) is 0 Å². The van der Waals surface area contributed by atoms with E-state index in [1.165, 1.54) is 0 Å². The summed E-state index contributed by atoms with van der Waals surface area (Å²) in [6, 6.07) is 9.98. The number of carboxylic acid groups (broad SMARTS) is 1. The minimum absolute atomic E-state index is 0.128. The molecule has 1 spiro atoms. The number of esters is 1. The lowest BCUT2D eigenvalue weighted by Crippen LogP contribution is -2.46. The second kappa shape index (κ2) is 7.26. The average Bonchev–Trinajstić information content (AvgIpc) is 2.67. The SMILES string of the molecule is CCC(CC)(C(=O)O)C1=CC(c2ccccc2)C2(CCCCC2)C(=O)O1. The number of carbonyl (C=O) groups excluding carboxylic acids is 1. The van der Waals surface area contributed by atoms with Gasteiger partial charge in [0.2, 0.25) is 0 Å². The number of hydrogen-bond donors (Lipinski definition) is 1. The molecule has 3 rings (SSSR count). The molecule has 1 heterocycles. The van der Waals surface area contributed by atoms with Crippen molar-refractivity contribution in [3.63, 3.8) is 0 Å². The zero-order chi connectivity index (χ0) is 18.8. The number of rotatable bonds is 5. The van der Waals surface area contributed by atoms with Gasteiger partial charge in [0.15, 0.2) is 0 Å². The maximum absolute atomic E-state index is 13.2. The number of benzene rings is 1. The zero-order valence-corrected chi connectivity index (χ0v) is 15.7. The first-order chi connectivity index (χ1) is 12.5. The second-order valence-electron chi connectivity index (χ2n) is 7.62. The number of allylic oxidation sites excluding steroid dienone is 1. The van der Waals surface area contributed by atoms with Gasteiger partial charge in [-0.3, -0.25) is 9.59 Å². The molecule has 4 heteroatoms. The fraction of sp³-hybridized carbons (Fsp3) is 0.545. The first-order valence-electron chi connectivity index (χ1n) is 9.73. The van der Waals surface area contributed by atoms with E-state index in [1.807, 2.05) is 50.3 Å². The second-order valence-corrected chi connectivity index (χ2v) is 7.62. The smallest absolute Gasteiger partial charge is 0.318 e. The fourth-order valence-electron chi connectivity index (χ4n) is 4.71. The van der Waals surface area contributed by atoms with Crippen LogP contribution < -0.4 is 0 Å². The Kier molecular flexibility index (Phi) is 5.22. The van der Waals surface area contributed by atoms with Crippen molar-refractivity contribution in [1.82, 2.24) is 0 Å². The van der Waals surface area contributed by atoms with E-state index in [-0.39, 0.29) is 11.9 Å². The molecule has 0 aromatic heterocycles. The van der Waals surface area contributed by atoms with Gasteiger partial charge in [0.25, 0.3) is 0 Å². The molecule has 0 radical (unpaired) electrons. The summed E-state index contributed by atoms with van der Waals surface area (Å²) in [4.78, 5) is 25.3. The molecule has 1 atom stereocenters. The lowest BCUT2D eigenvalue weighted by molar-refractivity contribution is -0.163. The molecule has 1 saturated carbocycles. The molecule has 1 aromatic rings. The zero-order valence-electron chi connectivity index (χ0n) is 15.7. The Morgan fingerprint density at radius 2 is 1.77 bits per heavy atom. The predicted molar refractivity (Wildman–Crippen MR) is 99.5 cm³/mol. The van der Waals surface area contributed by atoms with E-state index >= 15 is 0 Å². The van der Waals surface area contributed by atoms with Crippen LogP contribution in [-0.4, -0.2) is 17.0 Å². The van der Waals surface area contributed by atoms with Crippen LogP contribution in [0.15, 0.2) is 42.2 Å². The van der Waals surface area contributed by atoms with Crippen molar-refractivity contribution < 1.29 is 19.4 Å². The van der Waals surface area contributed by atoms with Crippen molar-refractivity contribution in [2.75, 3.05) is 0 Å². The molecule has 1 N–H and O–H groups in total. The van der Waals surface area contributed by atoms with Crippen LogP contribution in [0.2, 0.25) is 0 Å². The van der Waals surface area contributed by atoms with Crippen LogP contribution in [0.25, 0.3) is 0 Å². The summed E-state index contributed by atoms with van der Waals surface area (Å²) in [6.07, 6.45) is 7.49. The number of ether oxygens (including phenoxy) is 1. The van der Waals surface area contributed by atoms with Crippen molar-refractivity contribution in [2.24, 2.45) is 10.8 Å². The van der Waals surface area contributed by atoms with Crippen molar-refractivity contribution >= 4 is 11.9 Å². The third kappa shape index (κ3) is 2.85. The molecular weight excluding hydrogens is 328 g/mol. The molecule has 4 nitrogen and oxygen atoms in total. The van der Waals surface area contributed by atoms with Crippen LogP contribution in [0.1, 0.15) is 70.3 Å². The normalized spacial score (nSPS) is 22.6. The summed E-state index contributed by atoms with van der Waals surface area (Å²) >= 11 is 0. The van der Waals surface area contributed by atoms with Crippen LogP contribution in [0, 0.1) is 10.8 Å². The summed E-state index contributed by atoms with van der Waals surface area (Å²) in [6.45, 7) is 3.68. The maximum atomic E-state index is 13.2. The molecule has 2 aliphatic rings. The molecule has 26 heavy (non-hydrogen) atoms. The van der Waals surface area contributed by atoms with Gasteiger partial charge in [0.1, 0.15) is 11.2 Å². The van der Waals surface area contributed by atoms with Gasteiger partial charge in [-0.2, -0.15) is 0 Å². The van der Waals surface area contributed by atoms with Gasteiger partial charge in [0, 0.05) is 5.92 Å². The third-order valence-electron chi connectivity index (χ3n) is 6.52. The highest BCUT2D eigenvalue weighted by Crippen LogP contribution is 2.54. The van der Waals surface area contributed by atoms with Crippen LogP contribution >= 0.6 is 0 Å². The van der Waals surface area contributed by atoms with Gasteiger partial charge in [-0.1, -0.05) is 63.4 Å². The molecule has 0 amide bonds. The van der Waals surface area contributed by atoms with Crippen molar-refractivity contribution in [2.45, 2.75) is 64.7 Å². The Labute approximate surface area is 155 Å². The molecule has 1 aliphatic carbocycles. The summed E-state index contributed by atoms with van der Waals surface area (Å²) < 4.78 is 5.78. The maximum Gasteiger partial charge on any atom is 0.318 e. The standard InChI is InChI=1S/C22H28O4/c1-3-21(4-2,19(23)24)18-15-17(16-11-7-5-8-12-16)22(20(25)26-18)13-9-6-10-14-22/h5,7-8,11-12,15,17H,3-4,6,9-10,13-14H2,1-2H3,(H,23,24). The third-order valence-corrected chi connectivity index (χ3v) is 6.52. The Morgan fingerprint density at radius 3 is 2.31 bits per heavy atom. The highest BCUT2D eigenvalue weighted by molar-refractivity contribution is 5.85. The van der Waals surface area contributed by atoms with E-state index in [2.05, 4.69) is 0 Å². The van der Waals surface area contributed by atoms with Gasteiger partial charge in [0.05, 0.1) is 5.41 Å². The molecule has 0 bridgehead atoms. The van der Waals surface area contributed by atoms with E-state index in [4.69, 9.17) is 4.74 Å². The number of carbonyl (C=O) groups is 2. The number of hydrogen-bond acceptors (Lipinski definition) is 3. The number of aliphatic carboxylic acids is 1. The van der Waals surface area contributed by atoms with Crippen LogP contribution in [-0.2, 0) is 14.3 Å². The van der Waals surface area contributed by atoms with Crippen LogP contribution in [0.5, 0.6) is 0 Å². The number of cyclic esters (lactones) is 1. The summed E-state index contributed by atoms with van der Waals surface area (Å²) in [7, 11) is 0. The van der Waals surface area contributed by atoms with Crippen molar-refractivity contribution in [3.8, 4) is 0 Å². The lowest BCUT2D eigenvalue weighted by atomic mass is 9.61. The van der Waals surface area contributed by atoms with E-state index < -0.39 is 16.8 Å². The number of carboxylic acids is 1. The quantitative estimate of drug-likeness (QED) is 0.750. The molecular formula is C22H28O4. The van der Waals surface area contributed by atoms with Gasteiger partial charge in [-0.15, -0.1) is 0 Å². The molecule has 1 unspecified atom stereocenters. The summed E-state index contributed by atoms with van der Waals surface area (Å²) in [5, 5.41) is 9.89. The summed E-state index contributed by atoms with van der Waals surface area (Å²) in [5.41, 5.74) is -0.636. The highest BCUT2D eigenvalue weighted by atomic mass is 16.5. The summed E-state index contributed by atoms with van der Waals surface area (Å²) in [5.74, 6) is -0.967. The highest BCUT2D eigenvalue weighted by Gasteiger charge is 2.54. The van der Waals surface area contributed by atoms with Crippen molar-refractivity contribution in [3.05, 3.63) is 47.7 Å². The monoisotopic (exact) mass is 356 g/mol. The first kappa shape index (κ1) is 18.7. The van der Waals surface area contributed by atoms with Gasteiger partial charge in [-0.25, -0.2) is 0 Å². The van der Waals surface area contributed by atoms with Gasteiger partial charge < -0.3 is 9.84 Å². The molecule has 1 aliphatic heterocycles. The molecule has 0 saturated heterocycles. The Balaban J connectivity index is 2.15. The molecule has 1 fully saturated rings. The van der Waals surface area contributed by atoms with E-state index in [0.29, 0.717) is 18.6 Å². The van der Waals surface area contributed by atoms with E-state index in [1.54, 1.807) is 0 Å². The van der Waals surface area contributed by atoms with Gasteiger partial charge in [-0.05, 0) is 37.3 Å². The lowest BCUT2D eigenvalue weighted by Gasteiger charge is -2.45. The molecule has 140 valence electrons. The van der Waals surface area contributed by atoms with Crippen LogP contribution in [0.3, 0.4) is 0 Å². The average molecular weight is 356 g/mol. The Hall–Kier alpha value is -2.10. The fourth-order valence-corrected chi connectivity index (χ4v) is 4.71. The minimum Gasteiger partial charge on any atom is -0.480 e. The van der Waals surface area contributed by atoms with E-state index in [0.717, 1.165) is 37.7 Å². The van der Waals surface area contributed by atoms with E-state index in [9.17, 15) is 14.7 Å². The van der Waals surface area contributed by atoms with Crippen LogP contribution in [0.4, 0.5) is 0 Å².